The van der Waals surface area contributed by atoms with Crippen molar-refractivity contribution >= 4 is 41.5 Å². The molecule has 1 aliphatic rings. The van der Waals surface area contributed by atoms with Crippen LogP contribution in [0.5, 0.6) is 0 Å². The maximum absolute atomic E-state index is 11.9. The monoisotopic (exact) mass is 294 g/mol. The summed E-state index contributed by atoms with van der Waals surface area (Å²) >= 11 is 11.7. The number of hydrogen-bond donors (Lipinski definition) is 2. The summed E-state index contributed by atoms with van der Waals surface area (Å²) in [4.78, 5) is 11.9. The average Bonchev–Trinajstić information content (AvgIpc) is 2.70. The van der Waals surface area contributed by atoms with Gasteiger partial charge in [0.1, 0.15) is 0 Å². The van der Waals surface area contributed by atoms with Crippen LogP contribution >= 0.6 is 35.6 Å². The highest BCUT2D eigenvalue weighted by Crippen LogP contribution is 2.21. The molecule has 0 aliphatic carbocycles. The number of benzene rings is 1. The second-order valence-electron chi connectivity index (χ2n) is 3.79. The Kier molecular flexibility index (Phi) is 5.53. The number of nitrogens with one attached hydrogen (secondary N) is 2. The molecule has 1 atom stereocenters. The van der Waals surface area contributed by atoms with Gasteiger partial charge in [-0.05, 0) is 31.2 Å². The van der Waals surface area contributed by atoms with E-state index in [4.69, 9.17) is 23.2 Å². The van der Waals surface area contributed by atoms with Crippen LogP contribution in [0.2, 0.25) is 10.0 Å². The first-order chi connectivity index (χ1) is 7.66. The SMILES string of the molecule is Cl.O=C(NC1CCNC1)c1ccc(Cl)cc1Cl. The van der Waals surface area contributed by atoms with Crippen molar-refractivity contribution in [2.45, 2.75) is 12.5 Å². The molecule has 1 saturated heterocycles. The number of carbonyl (C=O) groups excluding carboxylic acids is 1. The molecule has 3 nitrogen and oxygen atoms in total. The summed E-state index contributed by atoms with van der Waals surface area (Å²) in [6, 6.07) is 5.07. The topological polar surface area (TPSA) is 41.1 Å². The lowest BCUT2D eigenvalue weighted by Crippen LogP contribution is -2.36. The third kappa shape index (κ3) is 3.75. The van der Waals surface area contributed by atoms with Crippen LogP contribution in [0.3, 0.4) is 0 Å². The van der Waals surface area contributed by atoms with Gasteiger partial charge in [0.05, 0.1) is 10.6 Å². The van der Waals surface area contributed by atoms with Gasteiger partial charge in [0, 0.05) is 17.6 Å². The number of hydrogen-bond acceptors (Lipinski definition) is 2. The van der Waals surface area contributed by atoms with Crippen LogP contribution in [-0.4, -0.2) is 25.0 Å². The van der Waals surface area contributed by atoms with Crippen molar-refractivity contribution < 1.29 is 4.79 Å². The molecule has 94 valence electrons. The zero-order valence-electron chi connectivity index (χ0n) is 9.00. The Morgan fingerprint density at radius 3 is 2.76 bits per heavy atom. The van der Waals surface area contributed by atoms with Crippen LogP contribution in [0.25, 0.3) is 0 Å². The Hall–Kier alpha value is -0.480. The van der Waals surface area contributed by atoms with E-state index in [1.165, 1.54) is 0 Å². The van der Waals surface area contributed by atoms with Crippen LogP contribution in [0.1, 0.15) is 16.8 Å². The highest BCUT2D eigenvalue weighted by Gasteiger charge is 2.18. The maximum Gasteiger partial charge on any atom is 0.253 e. The third-order valence-corrected chi connectivity index (χ3v) is 3.12. The molecule has 1 aromatic rings. The highest BCUT2D eigenvalue weighted by atomic mass is 35.5. The van der Waals surface area contributed by atoms with Crippen LogP contribution in [-0.2, 0) is 0 Å². The van der Waals surface area contributed by atoms with Gasteiger partial charge in [0.25, 0.3) is 5.91 Å². The molecule has 0 aromatic heterocycles. The molecule has 1 aliphatic heterocycles. The molecule has 1 aromatic carbocycles. The Morgan fingerprint density at radius 2 is 2.18 bits per heavy atom. The van der Waals surface area contributed by atoms with E-state index < -0.39 is 0 Å². The minimum atomic E-state index is -0.143. The second-order valence-corrected chi connectivity index (χ2v) is 4.63. The summed E-state index contributed by atoms with van der Waals surface area (Å²) in [7, 11) is 0. The average molecular weight is 296 g/mol. The first-order valence-corrected chi connectivity index (χ1v) is 5.89. The fourth-order valence-electron chi connectivity index (χ4n) is 1.71. The van der Waals surface area contributed by atoms with E-state index in [1.807, 2.05) is 0 Å². The zero-order valence-corrected chi connectivity index (χ0v) is 11.3. The van der Waals surface area contributed by atoms with E-state index >= 15 is 0 Å². The van der Waals surface area contributed by atoms with Gasteiger partial charge in [-0.15, -0.1) is 12.4 Å². The molecule has 6 heteroatoms. The van der Waals surface area contributed by atoms with E-state index in [9.17, 15) is 4.79 Å². The summed E-state index contributed by atoms with van der Waals surface area (Å²) in [6.07, 6.45) is 0.955. The number of amides is 1. The van der Waals surface area contributed by atoms with Crippen molar-refractivity contribution in [3.63, 3.8) is 0 Å². The van der Waals surface area contributed by atoms with Crippen LogP contribution in [0.4, 0.5) is 0 Å². The van der Waals surface area contributed by atoms with Gasteiger partial charge < -0.3 is 10.6 Å². The van der Waals surface area contributed by atoms with E-state index in [-0.39, 0.29) is 24.4 Å². The Labute approximate surface area is 116 Å². The third-order valence-electron chi connectivity index (χ3n) is 2.57. The summed E-state index contributed by atoms with van der Waals surface area (Å²) in [6.45, 7) is 1.76. The molecule has 1 unspecified atom stereocenters. The van der Waals surface area contributed by atoms with Gasteiger partial charge in [0.15, 0.2) is 0 Å². The fourth-order valence-corrected chi connectivity index (χ4v) is 2.21. The second kappa shape index (κ2) is 6.45. The first-order valence-electron chi connectivity index (χ1n) is 5.13. The molecule has 2 rings (SSSR count). The summed E-state index contributed by atoms with van der Waals surface area (Å²) in [5.41, 5.74) is 0.470. The van der Waals surface area contributed by atoms with Gasteiger partial charge in [-0.2, -0.15) is 0 Å². The van der Waals surface area contributed by atoms with E-state index in [0.717, 1.165) is 19.5 Å². The molecule has 1 heterocycles. The van der Waals surface area contributed by atoms with Crippen LogP contribution in [0.15, 0.2) is 18.2 Å². The quantitative estimate of drug-likeness (QED) is 0.880. The van der Waals surface area contributed by atoms with Gasteiger partial charge in [-0.3, -0.25) is 4.79 Å². The first kappa shape index (κ1) is 14.6. The summed E-state index contributed by atoms with van der Waals surface area (Å²) in [5, 5.41) is 7.03. The van der Waals surface area contributed by atoms with Crippen molar-refractivity contribution in [1.82, 2.24) is 10.6 Å². The van der Waals surface area contributed by atoms with Gasteiger partial charge in [-0.1, -0.05) is 23.2 Å². The van der Waals surface area contributed by atoms with Gasteiger partial charge >= 0.3 is 0 Å². The minimum Gasteiger partial charge on any atom is -0.348 e. The van der Waals surface area contributed by atoms with Crippen LogP contribution < -0.4 is 10.6 Å². The Morgan fingerprint density at radius 1 is 1.41 bits per heavy atom. The lowest BCUT2D eigenvalue weighted by Gasteiger charge is -2.12. The predicted molar refractivity (Wildman–Crippen MR) is 72.5 cm³/mol. The lowest BCUT2D eigenvalue weighted by molar-refractivity contribution is 0.0940. The molecule has 2 N–H and O–H groups in total. The van der Waals surface area contributed by atoms with Crippen molar-refractivity contribution in [3.05, 3.63) is 33.8 Å². The van der Waals surface area contributed by atoms with Crippen molar-refractivity contribution in [2.24, 2.45) is 0 Å². The van der Waals surface area contributed by atoms with E-state index in [1.54, 1.807) is 18.2 Å². The molecular formula is C11H13Cl3N2O. The molecule has 1 amide bonds. The number of halogens is 3. The summed E-state index contributed by atoms with van der Waals surface area (Å²) < 4.78 is 0. The molecule has 1 fully saturated rings. The van der Waals surface area contributed by atoms with Crippen molar-refractivity contribution in [2.75, 3.05) is 13.1 Å². The number of rotatable bonds is 2. The van der Waals surface area contributed by atoms with E-state index in [2.05, 4.69) is 10.6 Å². The largest absolute Gasteiger partial charge is 0.348 e. The Balaban J connectivity index is 0.00000144. The molecule has 0 spiro atoms. The standard InChI is InChI=1S/C11H12Cl2N2O.ClH/c12-7-1-2-9(10(13)5-7)11(16)15-8-3-4-14-6-8;/h1-2,5,8,14H,3-4,6H2,(H,15,16);1H. The maximum atomic E-state index is 11.9. The van der Waals surface area contributed by atoms with Crippen molar-refractivity contribution in [3.8, 4) is 0 Å². The molecule has 0 bridgehead atoms. The molecule has 0 radical (unpaired) electrons. The van der Waals surface area contributed by atoms with Gasteiger partial charge in [-0.25, -0.2) is 0 Å². The lowest BCUT2D eigenvalue weighted by atomic mass is 10.2. The van der Waals surface area contributed by atoms with E-state index in [0.29, 0.717) is 15.6 Å². The molecule has 17 heavy (non-hydrogen) atoms. The zero-order chi connectivity index (χ0) is 11.5. The van der Waals surface area contributed by atoms with Gasteiger partial charge in [0.2, 0.25) is 0 Å². The Bertz CT molecular complexity index is 406. The van der Waals surface area contributed by atoms with Crippen molar-refractivity contribution in [1.29, 1.82) is 0 Å². The normalized spacial score (nSPS) is 18.6. The molecule has 0 saturated carbocycles. The number of carbonyl (C=O) groups is 1. The highest BCUT2D eigenvalue weighted by molar-refractivity contribution is 6.36. The summed E-state index contributed by atoms with van der Waals surface area (Å²) in [5.74, 6) is -0.143. The fraction of sp³-hybridized carbons (Fsp3) is 0.364. The smallest absolute Gasteiger partial charge is 0.253 e. The van der Waals surface area contributed by atoms with Crippen LogP contribution in [0, 0.1) is 0 Å². The molecular weight excluding hydrogens is 282 g/mol. The minimum absolute atomic E-state index is 0. The predicted octanol–water partition coefficient (Wildman–Crippen LogP) is 2.51.